The van der Waals surface area contributed by atoms with Gasteiger partial charge in [-0.1, -0.05) is 0 Å². The van der Waals surface area contributed by atoms with Gasteiger partial charge in [0.1, 0.15) is 24.1 Å². The van der Waals surface area contributed by atoms with E-state index in [9.17, 15) is 20.1 Å². The topological polar surface area (TPSA) is 141 Å². The van der Waals surface area contributed by atoms with E-state index in [0.29, 0.717) is 10.9 Å². The molecule has 0 bridgehead atoms. The summed E-state index contributed by atoms with van der Waals surface area (Å²) in [6.07, 6.45) is -6.89. The molecule has 1 aliphatic heterocycles. The van der Waals surface area contributed by atoms with Crippen LogP contribution in [0.15, 0.2) is 24.3 Å². The maximum Gasteiger partial charge on any atom is 0.303 e. The quantitative estimate of drug-likeness (QED) is 0.360. The second-order valence-electron chi connectivity index (χ2n) is 5.79. The van der Waals surface area contributed by atoms with Crippen LogP contribution in [-0.2, 0) is 9.53 Å². The SMILES string of the molecule is CNC(=S)Nc1ccc(O[C@H]2O[C@H](CCC(=O)O)[C@@H](O)[C@H](O)[C@@H]2O)cc1. The number of thiocarbonyl (C=S) groups is 1. The minimum Gasteiger partial charge on any atom is -0.481 e. The molecule has 1 aromatic carbocycles. The monoisotopic (exact) mass is 386 g/mol. The Morgan fingerprint density at radius 2 is 1.85 bits per heavy atom. The number of carboxylic acid groups (broad SMARTS) is 1. The summed E-state index contributed by atoms with van der Waals surface area (Å²) in [6, 6.07) is 6.61. The molecule has 5 atom stereocenters. The normalized spacial score (nSPS) is 28.2. The van der Waals surface area contributed by atoms with Crippen LogP contribution in [0.5, 0.6) is 5.75 Å². The summed E-state index contributed by atoms with van der Waals surface area (Å²) >= 11 is 5.00. The first-order valence-corrected chi connectivity index (χ1v) is 8.39. The van der Waals surface area contributed by atoms with Gasteiger partial charge in [0.15, 0.2) is 5.11 Å². The summed E-state index contributed by atoms with van der Waals surface area (Å²) in [6.45, 7) is 0. The predicted octanol–water partition coefficient (Wildman–Crippen LogP) is -0.346. The zero-order valence-electron chi connectivity index (χ0n) is 14.0. The highest BCUT2D eigenvalue weighted by Crippen LogP contribution is 2.27. The van der Waals surface area contributed by atoms with E-state index in [2.05, 4.69) is 10.6 Å². The number of benzene rings is 1. The van der Waals surface area contributed by atoms with Crippen molar-refractivity contribution in [1.29, 1.82) is 0 Å². The highest BCUT2D eigenvalue weighted by molar-refractivity contribution is 7.80. The van der Waals surface area contributed by atoms with Crippen molar-refractivity contribution >= 4 is 29.0 Å². The zero-order chi connectivity index (χ0) is 19.3. The Morgan fingerprint density at radius 3 is 2.42 bits per heavy atom. The minimum atomic E-state index is -1.51. The molecule has 10 heteroatoms. The summed E-state index contributed by atoms with van der Waals surface area (Å²) in [5.41, 5.74) is 0.719. The fraction of sp³-hybridized carbons (Fsp3) is 0.500. The number of carboxylic acids is 1. The van der Waals surface area contributed by atoms with E-state index in [1.165, 1.54) is 0 Å². The third kappa shape index (κ3) is 5.26. The molecule has 6 N–H and O–H groups in total. The second-order valence-corrected chi connectivity index (χ2v) is 6.20. The van der Waals surface area contributed by atoms with Crippen molar-refractivity contribution < 1.29 is 34.7 Å². The Hall–Kier alpha value is -1.98. The van der Waals surface area contributed by atoms with Crippen LogP contribution in [0.25, 0.3) is 0 Å². The standard InChI is InChI=1S/C16H22N2O7S/c1-17-16(26)18-8-2-4-9(5-3-8)24-15-14(23)13(22)12(21)10(25-15)6-7-11(19)20/h2-5,10,12-15,21-23H,6-7H2,1H3,(H,19,20)(H2,17,18,26)/t10-,12-,13+,14+,15+/m1/s1. The molecule has 0 radical (unpaired) electrons. The Bertz CT molecular complexity index is 628. The van der Waals surface area contributed by atoms with Gasteiger partial charge in [-0.25, -0.2) is 0 Å². The van der Waals surface area contributed by atoms with Gasteiger partial charge < -0.3 is 40.5 Å². The lowest BCUT2D eigenvalue weighted by Gasteiger charge is -2.40. The van der Waals surface area contributed by atoms with Crippen molar-refractivity contribution in [2.24, 2.45) is 0 Å². The fourth-order valence-corrected chi connectivity index (χ4v) is 2.58. The van der Waals surface area contributed by atoms with Crippen molar-refractivity contribution in [3.05, 3.63) is 24.3 Å². The Labute approximate surface area is 155 Å². The molecular formula is C16H22N2O7S. The molecule has 1 heterocycles. The van der Waals surface area contributed by atoms with Crippen molar-refractivity contribution in [2.45, 2.75) is 43.5 Å². The van der Waals surface area contributed by atoms with Gasteiger partial charge in [0, 0.05) is 19.2 Å². The summed E-state index contributed by atoms with van der Waals surface area (Å²) in [5.74, 6) is -0.697. The van der Waals surface area contributed by atoms with Gasteiger partial charge in [0.05, 0.1) is 6.10 Å². The Kier molecular flexibility index (Phi) is 7.12. The van der Waals surface area contributed by atoms with E-state index >= 15 is 0 Å². The van der Waals surface area contributed by atoms with Gasteiger partial charge in [-0.3, -0.25) is 4.79 Å². The number of aliphatic hydroxyl groups excluding tert-OH is 3. The van der Waals surface area contributed by atoms with Gasteiger partial charge in [0.25, 0.3) is 0 Å². The van der Waals surface area contributed by atoms with Crippen molar-refractivity contribution in [1.82, 2.24) is 5.32 Å². The molecule has 9 nitrogen and oxygen atoms in total. The lowest BCUT2D eigenvalue weighted by Crippen LogP contribution is -2.59. The summed E-state index contributed by atoms with van der Waals surface area (Å²) < 4.78 is 11.0. The molecule has 144 valence electrons. The number of carbonyl (C=O) groups is 1. The maximum atomic E-state index is 10.7. The van der Waals surface area contributed by atoms with Crippen molar-refractivity contribution in [3.63, 3.8) is 0 Å². The lowest BCUT2D eigenvalue weighted by molar-refractivity contribution is -0.273. The van der Waals surface area contributed by atoms with E-state index in [-0.39, 0.29) is 12.8 Å². The number of nitrogens with one attached hydrogen (secondary N) is 2. The van der Waals surface area contributed by atoms with Crippen LogP contribution >= 0.6 is 12.2 Å². The number of aliphatic hydroxyl groups is 3. The van der Waals surface area contributed by atoms with E-state index in [1.807, 2.05) is 0 Å². The Balaban J connectivity index is 2.02. The largest absolute Gasteiger partial charge is 0.481 e. The first-order valence-electron chi connectivity index (χ1n) is 7.98. The maximum absolute atomic E-state index is 10.7. The second kappa shape index (κ2) is 9.10. The molecule has 1 saturated heterocycles. The minimum absolute atomic E-state index is 0.0234. The van der Waals surface area contributed by atoms with Crippen LogP contribution in [0.4, 0.5) is 5.69 Å². The van der Waals surface area contributed by atoms with Crippen LogP contribution in [0.1, 0.15) is 12.8 Å². The van der Waals surface area contributed by atoms with Crippen LogP contribution in [-0.4, -0.2) is 69.3 Å². The molecule has 0 aromatic heterocycles. The highest BCUT2D eigenvalue weighted by Gasteiger charge is 2.44. The molecule has 0 unspecified atom stereocenters. The average Bonchev–Trinajstić information content (AvgIpc) is 2.62. The van der Waals surface area contributed by atoms with Crippen LogP contribution in [0, 0.1) is 0 Å². The van der Waals surface area contributed by atoms with Crippen molar-refractivity contribution in [2.75, 3.05) is 12.4 Å². The molecule has 0 amide bonds. The van der Waals surface area contributed by atoms with Crippen LogP contribution < -0.4 is 15.4 Å². The van der Waals surface area contributed by atoms with E-state index < -0.39 is 36.7 Å². The van der Waals surface area contributed by atoms with E-state index in [4.69, 9.17) is 26.8 Å². The zero-order valence-corrected chi connectivity index (χ0v) is 14.8. The number of anilines is 1. The highest BCUT2D eigenvalue weighted by atomic mass is 32.1. The average molecular weight is 386 g/mol. The number of hydrogen-bond donors (Lipinski definition) is 6. The molecule has 0 aliphatic carbocycles. The van der Waals surface area contributed by atoms with Gasteiger partial charge in [-0.15, -0.1) is 0 Å². The summed E-state index contributed by atoms with van der Waals surface area (Å²) in [5, 5.41) is 44.9. The first kappa shape index (κ1) is 20.3. The Morgan fingerprint density at radius 1 is 1.19 bits per heavy atom. The van der Waals surface area contributed by atoms with E-state index in [0.717, 1.165) is 5.69 Å². The fourth-order valence-electron chi connectivity index (χ4n) is 2.46. The molecule has 2 rings (SSSR count). The molecule has 1 aromatic rings. The van der Waals surface area contributed by atoms with Gasteiger partial charge in [-0.2, -0.15) is 0 Å². The molecule has 1 aliphatic rings. The molecular weight excluding hydrogens is 364 g/mol. The number of rotatable bonds is 6. The van der Waals surface area contributed by atoms with Crippen molar-refractivity contribution in [3.8, 4) is 5.75 Å². The van der Waals surface area contributed by atoms with Crippen LogP contribution in [0.2, 0.25) is 0 Å². The third-order valence-corrected chi connectivity index (χ3v) is 4.21. The third-order valence-electron chi connectivity index (χ3n) is 3.90. The smallest absolute Gasteiger partial charge is 0.303 e. The predicted molar refractivity (Wildman–Crippen MR) is 95.9 cm³/mol. The van der Waals surface area contributed by atoms with Gasteiger partial charge in [-0.05, 0) is 42.9 Å². The van der Waals surface area contributed by atoms with Crippen LogP contribution in [0.3, 0.4) is 0 Å². The number of ether oxygens (including phenoxy) is 2. The number of aliphatic carboxylic acids is 1. The summed E-state index contributed by atoms with van der Waals surface area (Å²) in [7, 11) is 1.69. The van der Waals surface area contributed by atoms with E-state index in [1.54, 1.807) is 31.3 Å². The lowest BCUT2D eigenvalue weighted by atomic mass is 9.96. The summed E-state index contributed by atoms with van der Waals surface area (Å²) in [4.78, 5) is 10.7. The number of hydrogen-bond acceptors (Lipinski definition) is 7. The van der Waals surface area contributed by atoms with Gasteiger partial charge in [0.2, 0.25) is 6.29 Å². The first-order chi connectivity index (χ1) is 12.3. The van der Waals surface area contributed by atoms with Gasteiger partial charge >= 0.3 is 5.97 Å². The molecule has 26 heavy (non-hydrogen) atoms. The molecule has 1 fully saturated rings. The molecule has 0 saturated carbocycles. The molecule has 0 spiro atoms.